The van der Waals surface area contributed by atoms with Crippen LogP contribution in [0.1, 0.15) is 31.7 Å². The van der Waals surface area contributed by atoms with Gasteiger partial charge < -0.3 is 20.5 Å². The molecule has 0 saturated heterocycles. The van der Waals surface area contributed by atoms with Crippen LogP contribution < -0.4 is 5.73 Å². The van der Waals surface area contributed by atoms with Crippen LogP contribution in [0.15, 0.2) is 0 Å². The number of fused-ring (bicyclic) bond motifs is 1. The Bertz CT molecular complexity index is 696. The summed E-state index contributed by atoms with van der Waals surface area (Å²) in [6.07, 6.45) is 0. The molecule has 0 unspecified atom stereocenters. The number of carboxylic acids is 2. The lowest BCUT2D eigenvalue weighted by Gasteiger charge is -1.95. The van der Waals surface area contributed by atoms with E-state index in [1.54, 1.807) is 0 Å². The maximum atomic E-state index is 11.1. The summed E-state index contributed by atoms with van der Waals surface area (Å²) in [5.41, 5.74) is 4.61. The van der Waals surface area contributed by atoms with Crippen molar-refractivity contribution in [2.24, 2.45) is 12.8 Å². The number of rotatable bonds is 3. The fourth-order valence-corrected chi connectivity index (χ4v) is 1.55. The second-order valence-corrected chi connectivity index (χ2v) is 3.38. The van der Waals surface area contributed by atoms with Gasteiger partial charge in [0, 0.05) is 7.05 Å². The number of aromatic nitrogens is 4. The second-order valence-electron chi connectivity index (χ2n) is 3.38. The smallest absolute Gasteiger partial charge is 0.374 e. The molecule has 4 N–H and O–H groups in total. The van der Waals surface area contributed by atoms with Gasteiger partial charge in [0.25, 0.3) is 5.91 Å². The molecule has 0 spiro atoms. The zero-order chi connectivity index (χ0) is 13.6. The van der Waals surface area contributed by atoms with Gasteiger partial charge in [-0.2, -0.15) is 4.52 Å². The van der Waals surface area contributed by atoms with Crippen molar-refractivity contribution in [3.63, 3.8) is 0 Å². The zero-order valence-corrected chi connectivity index (χ0v) is 8.99. The first kappa shape index (κ1) is 11.6. The number of nitrogens with two attached hydrogens (primary N) is 1. The van der Waals surface area contributed by atoms with E-state index in [1.807, 2.05) is 0 Å². The number of aromatic carboxylic acids is 2. The van der Waals surface area contributed by atoms with Gasteiger partial charge in [-0.25, -0.2) is 14.6 Å². The van der Waals surface area contributed by atoms with E-state index >= 15 is 0 Å². The molecule has 0 aliphatic rings. The van der Waals surface area contributed by atoms with Gasteiger partial charge in [-0.1, -0.05) is 0 Å². The van der Waals surface area contributed by atoms with E-state index in [0.29, 0.717) is 0 Å². The second kappa shape index (κ2) is 3.55. The van der Waals surface area contributed by atoms with Crippen molar-refractivity contribution in [3.8, 4) is 0 Å². The Morgan fingerprint density at radius 2 is 1.72 bits per heavy atom. The first-order valence-corrected chi connectivity index (χ1v) is 4.56. The summed E-state index contributed by atoms with van der Waals surface area (Å²) in [5, 5.41) is 21.3. The summed E-state index contributed by atoms with van der Waals surface area (Å²) in [6, 6.07) is 0. The van der Waals surface area contributed by atoms with Crippen LogP contribution >= 0.6 is 0 Å². The Labute approximate surface area is 98.2 Å². The predicted molar refractivity (Wildman–Crippen MR) is 54.4 cm³/mol. The minimum absolute atomic E-state index is 0.0858. The molecule has 0 fully saturated rings. The highest BCUT2D eigenvalue weighted by Gasteiger charge is 2.27. The standard InChI is InChI=1S/C8H7N5O5/c1-12-5(8(17)18)11-13-4(7(15)16)10-2(3(9)14)6(12)13/h1H3,(H2,9,14)(H,15,16)(H,17,18). The van der Waals surface area contributed by atoms with E-state index in [4.69, 9.17) is 15.9 Å². The molecule has 10 heteroatoms. The molecule has 10 nitrogen and oxygen atoms in total. The Morgan fingerprint density at radius 1 is 1.17 bits per heavy atom. The number of hydrogen-bond donors (Lipinski definition) is 3. The Balaban J connectivity index is 2.92. The molecule has 0 aliphatic heterocycles. The summed E-state index contributed by atoms with van der Waals surface area (Å²) in [6.45, 7) is 0. The minimum atomic E-state index is -1.45. The third kappa shape index (κ3) is 1.39. The van der Waals surface area contributed by atoms with Gasteiger partial charge in [-0.15, -0.1) is 5.10 Å². The molecule has 0 saturated carbocycles. The summed E-state index contributed by atoms with van der Waals surface area (Å²) in [5.74, 6) is -4.81. The maximum absolute atomic E-state index is 11.1. The van der Waals surface area contributed by atoms with Crippen molar-refractivity contribution in [2.45, 2.75) is 0 Å². The van der Waals surface area contributed by atoms with Gasteiger partial charge in [-0.3, -0.25) is 4.79 Å². The zero-order valence-electron chi connectivity index (χ0n) is 8.99. The van der Waals surface area contributed by atoms with Gasteiger partial charge in [-0.05, 0) is 0 Å². The Morgan fingerprint density at radius 3 is 2.17 bits per heavy atom. The lowest BCUT2D eigenvalue weighted by Crippen LogP contribution is -2.14. The van der Waals surface area contributed by atoms with Crippen LogP contribution in [0, 0.1) is 0 Å². The van der Waals surface area contributed by atoms with Crippen LogP contribution in [0.25, 0.3) is 5.65 Å². The lowest BCUT2D eigenvalue weighted by molar-refractivity contribution is 0.0662. The van der Waals surface area contributed by atoms with Crippen LogP contribution in [0.2, 0.25) is 0 Å². The van der Waals surface area contributed by atoms with Crippen LogP contribution in [-0.4, -0.2) is 47.2 Å². The monoisotopic (exact) mass is 253 g/mol. The third-order valence-corrected chi connectivity index (χ3v) is 2.28. The highest BCUT2D eigenvalue weighted by atomic mass is 16.4. The maximum Gasteiger partial charge on any atom is 0.374 e. The van der Waals surface area contributed by atoms with Gasteiger partial charge in [0.1, 0.15) is 0 Å². The van der Waals surface area contributed by atoms with Gasteiger partial charge >= 0.3 is 11.9 Å². The molecule has 0 radical (unpaired) electrons. The molecule has 0 bridgehead atoms. The predicted octanol–water partition coefficient (Wildman–Crippen LogP) is -1.44. The van der Waals surface area contributed by atoms with Crippen LogP contribution in [0.3, 0.4) is 0 Å². The molecule has 2 rings (SSSR count). The number of carbonyl (C=O) groups excluding carboxylic acids is 1. The van der Waals surface area contributed by atoms with Crippen molar-refractivity contribution in [3.05, 3.63) is 17.3 Å². The van der Waals surface area contributed by atoms with Crippen LogP contribution in [0.4, 0.5) is 0 Å². The molecule has 2 aromatic heterocycles. The van der Waals surface area contributed by atoms with Crippen molar-refractivity contribution >= 4 is 23.5 Å². The van der Waals surface area contributed by atoms with Crippen LogP contribution in [-0.2, 0) is 7.05 Å². The molecular weight excluding hydrogens is 246 g/mol. The third-order valence-electron chi connectivity index (χ3n) is 2.28. The van der Waals surface area contributed by atoms with Crippen molar-refractivity contribution < 1.29 is 24.6 Å². The average Bonchev–Trinajstić information content (AvgIpc) is 2.76. The fraction of sp³-hybridized carbons (Fsp3) is 0.125. The summed E-state index contributed by atoms with van der Waals surface area (Å²) < 4.78 is 1.79. The topological polar surface area (TPSA) is 153 Å². The number of hydrogen-bond acceptors (Lipinski definition) is 5. The molecule has 2 aromatic rings. The van der Waals surface area contributed by atoms with Gasteiger partial charge in [0.05, 0.1) is 0 Å². The van der Waals surface area contributed by atoms with E-state index in [1.165, 1.54) is 7.05 Å². The number of imidazole rings is 1. The molecule has 0 atom stereocenters. The Hall–Kier alpha value is -2.91. The highest BCUT2D eigenvalue weighted by Crippen LogP contribution is 2.14. The quantitative estimate of drug-likeness (QED) is 0.605. The lowest BCUT2D eigenvalue weighted by atomic mass is 10.4. The SMILES string of the molecule is Cn1c(C(=O)O)nn2c(C(=O)O)nc(C(N)=O)c12. The minimum Gasteiger partial charge on any atom is -0.475 e. The van der Waals surface area contributed by atoms with Gasteiger partial charge in [0.2, 0.25) is 11.6 Å². The van der Waals surface area contributed by atoms with E-state index < -0.39 is 29.5 Å². The van der Waals surface area contributed by atoms with Crippen molar-refractivity contribution in [2.75, 3.05) is 0 Å². The molecule has 1 amide bonds. The molecule has 94 valence electrons. The van der Waals surface area contributed by atoms with E-state index in [9.17, 15) is 14.4 Å². The largest absolute Gasteiger partial charge is 0.475 e. The first-order valence-electron chi connectivity index (χ1n) is 4.56. The molecule has 0 aromatic carbocycles. The van der Waals surface area contributed by atoms with E-state index in [0.717, 1.165) is 9.08 Å². The Kier molecular flexibility index (Phi) is 2.28. The molecule has 0 aliphatic carbocycles. The van der Waals surface area contributed by atoms with E-state index in [-0.39, 0.29) is 11.3 Å². The average molecular weight is 253 g/mol. The van der Waals surface area contributed by atoms with Crippen molar-refractivity contribution in [1.29, 1.82) is 0 Å². The summed E-state index contributed by atoms with van der Waals surface area (Å²) in [4.78, 5) is 36.4. The first-order chi connectivity index (χ1) is 8.34. The summed E-state index contributed by atoms with van der Waals surface area (Å²) >= 11 is 0. The fourth-order valence-electron chi connectivity index (χ4n) is 1.55. The number of carboxylic acid groups (broad SMARTS) is 2. The normalized spacial score (nSPS) is 10.7. The number of amides is 1. The highest BCUT2D eigenvalue weighted by molar-refractivity contribution is 6.00. The molecule has 2 heterocycles. The molecule has 18 heavy (non-hydrogen) atoms. The van der Waals surface area contributed by atoms with E-state index in [2.05, 4.69) is 10.1 Å². The number of carbonyl (C=O) groups is 3. The number of nitrogens with zero attached hydrogens (tertiary/aromatic N) is 4. The molecular formula is C8H7N5O5. The number of primary amides is 1. The van der Waals surface area contributed by atoms with Gasteiger partial charge in [0.15, 0.2) is 11.3 Å². The number of aryl methyl sites for hydroxylation is 1. The van der Waals surface area contributed by atoms with Crippen LogP contribution in [0.5, 0.6) is 0 Å². The summed E-state index contributed by atoms with van der Waals surface area (Å²) in [7, 11) is 1.31. The van der Waals surface area contributed by atoms with Crippen molar-refractivity contribution in [1.82, 2.24) is 19.2 Å².